The topological polar surface area (TPSA) is 46.2 Å². The molecule has 9 heavy (non-hydrogen) atoms. The highest BCUT2D eigenvalue weighted by atomic mass is 32.2. The highest BCUT2D eigenvalue weighted by Gasteiger charge is 1.95. The molecular weight excluding hydrogens is 138 g/mol. The van der Waals surface area contributed by atoms with E-state index in [1.54, 1.807) is 0 Å². The van der Waals surface area contributed by atoms with Crippen molar-refractivity contribution in [3.63, 3.8) is 0 Å². The van der Waals surface area contributed by atoms with Crippen molar-refractivity contribution in [2.45, 2.75) is 6.42 Å². The Morgan fingerprint density at radius 1 is 1.67 bits per heavy atom. The zero-order valence-corrected chi connectivity index (χ0v) is 6.03. The SMILES string of the molecule is C#CCCNS(C)(=O)=O. The molecule has 0 aliphatic rings. The van der Waals surface area contributed by atoms with E-state index in [4.69, 9.17) is 6.42 Å². The van der Waals surface area contributed by atoms with Crippen LogP contribution in [0.25, 0.3) is 0 Å². The van der Waals surface area contributed by atoms with Crippen LogP contribution in [0.3, 0.4) is 0 Å². The maximum Gasteiger partial charge on any atom is 0.208 e. The molecule has 0 rings (SSSR count). The minimum atomic E-state index is -3.04. The zero-order chi connectivity index (χ0) is 7.33. The minimum absolute atomic E-state index is 0.329. The monoisotopic (exact) mass is 147 g/mol. The summed E-state index contributed by atoms with van der Waals surface area (Å²) in [6, 6.07) is 0. The molecule has 0 atom stereocenters. The average molecular weight is 147 g/mol. The Morgan fingerprint density at radius 3 is 2.56 bits per heavy atom. The fraction of sp³-hybridized carbons (Fsp3) is 0.600. The first-order valence-electron chi connectivity index (χ1n) is 2.44. The van der Waals surface area contributed by atoms with E-state index in [9.17, 15) is 8.42 Å². The third-order valence-electron chi connectivity index (χ3n) is 0.634. The predicted molar refractivity (Wildman–Crippen MR) is 36.3 cm³/mol. The summed E-state index contributed by atoms with van der Waals surface area (Å²) < 4.78 is 22.9. The Balaban J connectivity index is 3.44. The third-order valence-corrected chi connectivity index (χ3v) is 1.36. The lowest BCUT2D eigenvalue weighted by Crippen LogP contribution is -2.22. The van der Waals surface area contributed by atoms with Crippen LogP contribution in [-0.4, -0.2) is 21.2 Å². The summed E-state index contributed by atoms with van der Waals surface area (Å²) in [6.07, 6.45) is 6.41. The molecule has 0 fully saturated rings. The van der Waals surface area contributed by atoms with E-state index in [-0.39, 0.29) is 0 Å². The van der Waals surface area contributed by atoms with Crippen molar-refractivity contribution in [2.75, 3.05) is 12.8 Å². The number of nitrogens with one attached hydrogen (secondary N) is 1. The van der Waals surface area contributed by atoms with Gasteiger partial charge in [0, 0.05) is 13.0 Å². The van der Waals surface area contributed by atoms with Crippen LogP contribution in [0.5, 0.6) is 0 Å². The standard InChI is InChI=1S/C5H9NO2S/c1-3-4-5-6-9(2,7)8/h1,6H,4-5H2,2H3. The van der Waals surface area contributed by atoms with Gasteiger partial charge in [0.1, 0.15) is 0 Å². The van der Waals surface area contributed by atoms with Gasteiger partial charge in [0.15, 0.2) is 0 Å². The molecule has 0 aliphatic heterocycles. The Hall–Kier alpha value is -0.530. The second-order valence-corrected chi connectivity index (χ2v) is 3.45. The Bertz CT molecular complexity index is 199. The lowest BCUT2D eigenvalue weighted by Gasteiger charge is -1.95. The van der Waals surface area contributed by atoms with Gasteiger partial charge in [-0.2, -0.15) is 0 Å². The molecule has 0 spiro atoms. The summed E-state index contributed by atoms with van der Waals surface area (Å²) in [7, 11) is -3.04. The molecule has 0 heterocycles. The highest BCUT2D eigenvalue weighted by Crippen LogP contribution is 1.75. The summed E-state index contributed by atoms with van der Waals surface area (Å²) in [5.41, 5.74) is 0. The van der Waals surface area contributed by atoms with Crippen molar-refractivity contribution in [1.29, 1.82) is 0 Å². The molecular formula is C5H9NO2S. The molecule has 0 aromatic rings. The van der Waals surface area contributed by atoms with Crippen molar-refractivity contribution in [1.82, 2.24) is 4.72 Å². The zero-order valence-electron chi connectivity index (χ0n) is 5.22. The van der Waals surface area contributed by atoms with Crippen LogP contribution in [0, 0.1) is 12.3 Å². The molecule has 4 heteroatoms. The molecule has 0 unspecified atom stereocenters. The Kier molecular flexibility index (Phi) is 3.28. The van der Waals surface area contributed by atoms with Gasteiger partial charge in [-0.25, -0.2) is 13.1 Å². The van der Waals surface area contributed by atoms with Crippen LogP contribution in [0.2, 0.25) is 0 Å². The first-order valence-corrected chi connectivity index (χ1v) is 4.33. The molecule has 0 radical (unpaired) electrons. The van der Waals surface area contributed by atoms with E-state index in [1.165, 1.54) is 0 Å². The second-order valence-electron chi connectivity index (χ2n) is 1.62. The van der Waals surface area contributed by atoms with Gasteiger partial charge in [-0.05, 0) is 0 Å². The molecule has 0 saturated carbocycles. The van der Waals surface area contributed by atoms with Crippen LogP contribution >= 0.6 is 0 Å². The van der Waals surface area contributed by atoms with Crippen LogP contribution in [0.4, 0.5) is 0 Å². The molecule has 1 N–H and O–H groups in total. The number of terminal acetylenes is 1. The molecule has 3 nitrogen and oxygen atoms in total. The third kappa shape index (κ3) is 7.47. The van der Waals surface area contributed by atoms with Crippen LogP contribution in [0.15, 0.2) is 0 Å². The smallest absolute Gasteiger partial charge is 0.208 e. The van der Waals surface area contributed by atoms with E-state index >= 15 is 0 Å². The van der Waals surface area contributed by atoms with Gasteiger partial charge < -0.3 is 0 Å². The summed E-state index contributed by atoms with van der Waals surface area (Å²) >= 11 is 0. The lowest BCUT2D eigenvalue weighted by atomic mass is 10.5. The number of sulfonamides is 1. The van der Waals surface area contributed by atoms with Gasteiger partial charge in [-0.1, -0.05) is 0 Å². The minimum Gasteiger partial charge on any atom is -0.215 e. The fourth-order valence-corrected chi connectivity index (χ4v) is 0.781. The van der Waals surface area contributed by atoms with Crippen molar-refractivity contribution in [3.05, 3.63) is 0 Å². The first-order chi connectivity index (χ1) is 4.06. The van der Waals surface area contributed by atoms with Gasteiger partial charge in [-0.3, -0.25) is 0 Å². The molecule has 0 bridgehead atoms. The largest absolute Gasteiger partial charge is 0.215 e. The Morgan fingerprint density at radius 2 is 2.22 bits per heavy atom. The molecule has 0 amide bonds. The number of rotatable bonds is 3. The average Bonchev–Trinajstić information content (AvgIpc) is 1.63. The van der Waals surface area contributed by atoms with E-state index in [2.05, 4.69) is 10.6 Å². The molecule has 0 saturated heterocycles. The quantitative estimate of drug-likeness (QED) is 0.434. The molecule has 52 valence electrons. The van der Waals surface area contributed by atoms with Crippen molar-refractivity contribution < 1.29 is 8.42 Å². The van der Waals surface area contributed by atoms with E-state index in [0.29, 0.717) is 13.0 Å². The molecule has 0 aliphatic carbocycles. The first kappa shape index (κ1) is 8.47. The van der Waals surface area contributed by atoms with Crippen LogP contribution < -0.4 is 4.72 Å². The molecule has 0 aromatic heterocycles. The summed E-state index contributed by atoms with van der Waals surface area (Å²) in [4.78, 5) is 0. The van der Waals surface area contributed by atoms with Crippen LogP contribution in [-0.2, 0) is 10.0 Å². The second kappa shape index (κ2) is 3.49. The maximum atomic E-state index is 10.3. The lowest BCUT2D eigenvalue weighted by molar-refractivity contribution is 0.588. The highest BCUT2D eigenvalue weighted by molar-refractivity contribution is 7.88. The van der Waals surface area contributed by atoms with Crippen molar-refractivity contribution in [3.8, 4) is 12.3 Å². The van der Waals surface area contributed by atoms with E-state index in [1.807, 2.05) is 0 Å². The normalized spacial score (nSPS) is 10.7. The number of hydrogen-bond donors (Lipinski definition) is 1. The summed E-state index contributed by atoms with van der Waals surface area (Å²) in [5.74, 6) is 2.31. The van der Waals surface area contributed by atoms with Gasteiger partial charge >= 0.3 is 0 Å². The van der Waals surface area contributed by atoms with Gasteiger partial charge in [-0.15, -0.1) is 12.3 Å². The fourth-order valence-electron chi connectivity index (χ4n) is 0.309. The van der Waals surface area contributed by atoms with Crippen molar-refractivity contribution in [2.24, 2.45) is 0 Å². The van der Waals surface area contributed by atoms with Crippen molar-refractivity contribution >= 4 is 10.0 Å². The summed E-state index contributed by atoms with van der Waals surface area (Å²) in [5, 5.41) is 0. The van der Waals surface area contributed by atoms with E-state index in [0.717, 1.165) is 6.26 Å². The van der Waals surface area contributed by atoms with E-state index < -0.39 is 10.0 Å². The van der Waals surface area contributed by atoms with Gasteiger partial charge in [0.25, 0.3) is 0 Å². The molecule has 0 aromatic carbocycles. The summed E-state index contributed by atoms with van der Waals surface area (Å²) in [6.45, 7) is 0.329. The Labute approximate surface area is 55.5 Å². The predicted octanol–water partition coefficient (Wildman–Crippen LogP) is -0.441. The van der Waals surface area contributed by atoms with Gasteiger partial charge in [0.2, 0.25) is 10.0 Å². The van der Waals surface area contributed by atoms with Crippen LogP contribution in [0.1, 0.15) is 6.42 Å². The maximum absolute atomic E-state index is 10.3. The van der Waals surface area contributed by atoms with Gasteiger partial charge in [0.05, 0.1) is 6.26 Å². The number of hydrogen-bond acceptors (Lipinski definition) is 2.